The second-order valence-corrected chi connectivity index (χ2v) is 7.21. The van der Waals surface area contributed by atoms with Crippen molar-refractivity contribution in [3.8, 4) is 0 Å². The third-order valence-electron chi connectivity index (χ3n) is 3.58. The van der Waals surface area contributed by atoms with Crippen LogP contribution in [0.15, 0.2) is 53.4 Å². The summed E-state index contributed by atoms with van der Waals surface area (Å²) >= 11 is 0. The average Bonchev–Trinajstić information content (AvgIpc) is 2.46. The molecule has 1 atom stereocenters. The predicted molar refractivity (Wildman–Crippen MR) is 84.5 cm³/mol. The minimum Gasteiger partial charge on any atom is -0.271 e. The van der Waals surface area contributed by atoms with Crippen LogP contribution >= 0.6 is 0 Å². The van der Waals surface area contributed by atoms with E-state index in [4.69, 9.17) is 5.84 Å². The van der Waals surface area contributed by atoms with Gasteiger partial charge < -0.3 is 0 Å². The number of hydrogen-bond acceptors (Lipinski definition) is 4. The smallest absolute Gasteiger partial charge is 0.175 e. The number of nitrogens with one attached hydrogen (secondary N) is 1. The van der Waals surface area contributed by atoms with Gasteiger partial charge in [-0.25, -0.2) is 8.42 Å². The zero-order chi connectivity index (χ0) is 15.5. The van der Waals surface area contributed by atoms with Gasteiger partial charge in [-0.2, -0.15) is 0 Å². The molecule has 1 unspecified atom stereocenters. The fourth-order valence-electron chi connectivity index (χ4n) is 2.29. The topological polar surface area (TPSA) is 72.2 Å². The number of hydrazine groups is 1. The first-order valence-corrected chi connectivity index (χ1v) is 8.61. The van der Waals surface area contributed by atoms with E-state index in [1.165, 1.54) is 17.4 Å². The maximum absolute atomic E-state index is 11.7. The summed E-state index contributed by atoms with van der Waals surface area (Å²) in [6.07, 6.45) is 1.91. The maximum atomic E-state index is 11.7. The third-order valence-corrected chi connectivity index (χ3v) is 4.69. The second-order valence-electron chi connectivity index (χ2n) is 5.19. The van der Waals surface area contributed by atoms with Crippen LogP contribution in [0.2, 0.25) is 0 Å². The van der Waals surface area contributed by atoms with Gasteiger partial charge in [-0.15, -0.1) is 0 Å². The van der Waals surface area contributed by atoms with Crippen molar-refractivity contribution >= 4 is 9.84 Å². The van der Waals surface area contributed by atoms with Crippen LogP contribution < -0.4 is 11.3 Å². The predicted octanol–water partition coefficient (Wildman–Crippen LogP) is 2.15. The van der Waals surface area contributed by atoms with Crippen molar-refractivity contribution in [1.82, 2.24) is 5.43 Å². The normalized spacial score (nSPS) is 13.1. The van der Waals surface area contributed by atoms with E-state index in [1.54, 1.807) is 18.2 Å². The van der Waals surface area contributed by atoms with Crippen molar-refractivity contribution in [3.63, 3.8) is 0 Å². The molecule has 2 aromatic rings. The van der Waals surface area contributed by atoms with Crippen LogP contribution in [0.25, 0.3) is 0 Å². The van der Waals surface area contributed by atoms with Crippen molar-refractivity contribution in [3.05, 3.63) is 65.2 Å². The largest absolute Gasteiger partial charge is 0.271 e. The van der Waals surface area contributed by atoms with Gasteiger partial charge in [0.15, 0.2) is 9.84 Å². The highest BCUT2D eigenvalue weighted by Crippen LogP contribution is 2.22. The Morgan fingerprint density at radius 2 is 1.86 bits per heavy atom. The summed E-state index contributed by atoms with van der Waals surface area (Å²) in [5.41, 5.74) is 6.02. The summed E-state index contributed by atoms with van der Waals surface area (Å²) in [4.78, 5) is 0.310. The van der Waals surface area contributed by atoms with Crippen molar-refractivity contribution in [1.29, 1.82) is 0 Å². The number of hydrogen-bond donors (Lipinski definition) is 2. The van der Waals surface area contributed by atoms with E-state index in [-0.39, 0.29) is 6.04 Å². The van der Waals surface area contributed by atoms with E-state index >= 15 is 0 Å². The van der Waals surface area contributed by atoms with Gasteiger partial charge in [0.1, 0.15) is 0 Å². The van der Waals surface area contributed by atoms with Crippen LogP contribution in [0.1, 0.15) is 22.7 Å². The molecule has 5 heteroatoms. The Kier molecular flexibility index (Phi) is 4.77. The molecule has 0 bridgehead atoms. The molecule has 0 spiro atoms. The van der Waals surface area contributed by atoms with Crippen LogP contribution in [0, 0.1) is 6.92 Å². The second kappa shape index (κ2) is 6.39. The zero-order valence-corrected chi connectivity index (χ0v) is 13.0. The SMILES string of the molecule is Cc1ccccc1CC(NN)c1cccc(S(C)(=O)=O)c1. The molecular formula is C16H20N2O2S. The molecule has 0 heterocycles. The Morgan fingerprint density at radius 1 is 1.14 bits per heavy atom. The summed E-state index contributed by atoms with van der Waals surface area (Å²) in [6.45, 7) is 2.05. The summed E-state index contributed by atoms with van der Waals surface area (Å²) < 4.78 is 23.3. The van der Waals surface area contributed by atoms with Crippen LogP contribution in [-0.2, 0) is 16.3 Å². The van der Waals surface area contributed by atoms with Crippen LogP contribution in [0.3, 0.4) is 0 Å². The van der Waals surface area contributed by atoms with Crippen molar-refractivity contribution in [2.75, 3.05) is 6.26 Å². The Balaban J connectivity index is 2.32. The lowest BCUT2D eigenvalue weighted by Crippen LogP contribution is -2.29. The Bertz CT molecular complexity index is 727. The molecule has 0 radical (unpaired) electrons. The van der Waals surface area contributed by atoms with Gasteiger partial charge in [-0.05, 0) is 42.2 Å². The minimum absolute atomic E-state index is 0.132. The highest BCUT2D eigenvalue weighted by atomic mass is 32.2. The van der Waals surface area contributed by atoms with Crippen LogP contribution in [-0.4, -0.2) is 14.7 Å². The minimum atomic E-state index is -3.22. The maximum Gasteiger partial charge on any atom is 0.175 e. The standard InChI is InChI=1S/C16H20N2O2S/c1-12-6-3-4-7-13(12)11-16(18-17)14-8-5-9-15(10-14)21(2,19)20/h3-10,16,18H,11,17H2,1-2H3. The van der Waals surface area contributed by atoms with E-state index in [9.17, 15) is 8.42 Å². The first-order valence-electron chi connectivity index (χ1n) is 6.72. The first kappa shape index (κ1) is 15.7. The molecule has 2 rings (SSSR count). The fraction of sp³-hybridized carbons (Fsp3) is 0.250. The fourth-order valence-corrected chi connectivity index (χ4v) is 2.97. The molecule has 4 nitrogen and oxygen atoms in total. The summed E-state index contributed by atoms with van der Waals surface area (Å²) in [6, 6.07) is 14.9. The number of aryl methyl sites for hydroxylation is 1. The molecule has 0 aliphatic rings. The van der Waals surface area contributed by atoms with Gasteiger partial charge in [0.25, 0.3) is 0 Å². The van der Waals surface area contributed by atoms with E-state index in [1.807, 2.05) is 18.2 Å². The lowest BCUT2D eigenvalue weighted by atomic mass is 9.96. The van der Waals surface area contributed by atoms with E-state index in [0.29, 0.717) is 11.3 Å². The third kappa shape index (κ3) is 3.91. The number of rotatable bonds is 5. The molecule has 0 amide bonds. The summed E-state index contributed by atoms with van der Waals surface area (Å²) in [5.74, 6) is 5.66. The molecule has 0 aliphatic heterocycles. The van der Waals surface area contributed by atoms with Crippen LogP contribution in [0.4, 0.5) is 0 Å². The Hall–Kier alpha value is -1.69. The number of sulfone groups is 1. The zero-order valence-electron chi connectivity index (χ0n) is 12.2. The molecule has 0 aromatic heterocycles. The molecule has 3 N–H and O–H groups in total. The molecule has 2 aromatic carbocycles. The van der Waals surface area contributed by atoms with Gasteiger partial charge in [0.05, 0.1) is 10.9 Å². The van der Waals surface area contributed by atoms with Gasteiger partial charge in [-0.3, -0.25) is 11.3 Å². The van der Waals surface area contributed by atoms with E-state index in [2.05, 4.69) is 24.5 Å². The quantitative estimate of drug-likeness (QED) is 0.656. The number of benzene rings is 2. The summed E-state index contributed by atoms with van der Waals surface area (Å²) in [7, 11) is -3.22. The Labute approximate surface area is 125 Å². The molecule has 0 saturated heterocycles. The number of nitrogens with two attached hydrogens (primary N) is 1. The lowest BCUT2D eigenvalue weighted by molar-refractivity contribution is 0.549. The average molecular weight is 304 g/mol. The molecule has 0 aliphatic carbocycles. The molecular weight excluding hydrogens is 284 g/mol. The van der Waals surface area contributed by atoms with Crippen molar-refractivity contribution in [2.45, 2.75) is 24.3 Å². The van der Waals surface area contributed by atoms with Crippen molar-refractivity contribution in [2.24, 2.45) is 5.84 Å². The van der Waals surface area contributed by atoms with Gasteiger partial charge in [0, 0.05) is 6.26 Å². The summed E-state index contributed by atoms with van der Waals surface area (Å²) in [5, 5.41) is 0. The lowest BCUT2D eigenvalue weighted by Gasteiger charge is -2.18. The highest BCUT2D eigenvalue weighted by molar-refractivity contribution is 7.90. The molecule has 0 fully saturated rings. The highest BCUT2D eigenvalue weighted by Gasteiger charge is 2.14. The van der Waals surface area contributed by atoms with Gasteiger partial charge >= 0.3 is 0 Å². The molecule has 21 heavy (non-hydrogen) atoms. The van der Waals surface area contributed by atoms with Crippen molar-refractivity contribution < 1.29 is 8.42 Å². The molecule has 112 valence electrons. The monoisotopic (exact) mass is 304 g/mol. The Morgan fingerprint density at radius 3 is 2.48 bits per heavy atom. The van der Waals surface area contributed by atoms with Crippen LogP contribution in [0.5, 0.6) is 0 Å². The van der Waals surface area contributed by atoms with Gasteiger partial charge in [-0.1, -0.05) is 36.4 Å². The van der Waals surface area contributed by atoms with E-state index in [0.717, 1.165) is 5.56 Å². The molecule has 0 saturated carbocycles. The first-order chi connectivity index (χ1) is 9.91. The van der Waals surface area contributed by atoms with Gasteiger partial charge in [0.2, 0.25) is 0 Å². The van der Waals surface area contributed by atoms with E-state index < -0.39 is 9.84 Å².